The van der Waals surface area contributed by atoms with Crippen molar-refractivity contribution >= 4 is 16.7 Å². The van der Waals surface area contributed by atoms with Crippen molar-refractivity contribution in [3.8, 4) is 0 Å². The van der Waals surface area contributed by atoms with Crippen LogP contribution in [0, 0.1) is 0 Å². The largest absolute Gasteiger partial charge is 0.399 e. The Morgan fingerprint density at radius 3 is 2.83 bits per heavy atom. The van der Waals surface area contributed by atoms with Crippen LogP contribution in [0.1, 0.15) is 26.6 Å². The molecule has 0 amide bonds. The number of nitrogen functional groups attached to an aromatic ring is 1. The van der Waals surface area contributed by atoms with E-state index >= 15 is 0 Å². The first-order valence-electron chi connectivity index (χ1n) is 6.58. The summed E-state index contributed by atoms with van der Waals surface area (Å²) < 4.78 is 0. The van der Waals surface area contributed by atoms with Gasteiger partial charge in [0.05, 0.1) is 11.0 Å². The summed E-state index contributed by atoms with van der Waals surface area (Å²) in [6.07, 6.45) is 0.945. The number of aromatic nitrogens is 2. The number of hydrogen-bond acceptors (Lipinski definition) is 3. The monoisotopic (exact) mass is 246 g/mol. The van der Waals surface area contributed by atoms with Gasteiger partial charge in [0, 0.05) is 24.7 Å². The fraction of sp³-hybridized carbons (Fsp3) is 0.500. The Kier molecular flexibility index (Phi) is 3.87. The topological polar surface area (TPSA) is 57.9 Å². The molecule has 0 spiro atoms. The number of H-pyrrole nitrogens is 1. The molecule has 0 radical (unpaired) electrons. The summed E-state index contributed by atoms with van der Waals surface area (Å²) in [5.41, 5.74) is 8.55. The second-order valence-electron chi connectivity index (χ2n) is 4.93. The summed E-state index contributed by atoms with van der Waals surface area (Å²) >= 11 is 0. The molecule has 0 saturated carbocycles. The summed E-state index contributed by atoms with van der Waals surface area (Å²) in [5.74, 6) is 1.04. The Morgan fingerprint density at radius 1 is 1.39 bits per heavy atom. The van der Waals surface area contributed by atoms with Crippen LogP contribution in [0.3, 0.4) is 0 Å². The number of benzene rings is 1. The second kappa shape index (κ2) is 5.40. The van der Waals surface area contributed by atoms with Crippen LogP contribution in [0.2, 0.25) is 0 Å². The molecular formula is C14H22N4. The quantitative estimate of drug-likeness (QED) is 0.797. The van der Waals surface area contributed by atoms with E-state index in [1.165, 1.54) is 0 Å². The van der Waals surface area contributed by atoms with Gasteiger partial charge in [-0.3, -0.25) is 0 Å². The summed E-state index contributed by atoms with van der Waals surface area (Å²) in [7, 11) is 0. The first-order chi connectivity index (χ1) is 8.60. The third-order valence-electron chi connectivity index (χ3n) is 3.33. The molecule has 18 heavy (non-hydrogen) atoms. The third kappa shape index (κ3) is 2.82. The third-order valence-corrected chi connectivity index (χ3v) is 3.33. The lowest BCUT2D eigenvalue weighted by Gasteiger charge is -2.23. The molecule has 1 aromatic carbocycles. The lowest BCUT2D eigenvalue weighted by Crippen LogP contribution is -2.32. The fourth-order valence-corrected chi connectivity index (χ4v) is 2.23. The molecule has 4 nitrogen and oxygen atoms in total. The summed E-state index contributed by atoms with van der Waals surface area (Å²) in [6.45, 7) is 8.75. The van der Waals surface area contributed by atoms with Crippen molar-refractivity contribution in [3.63, 3.8) is 0 Å². The number of nitrogens with one attached hydrogen (secondary N) is 1. The molecular weight excluding hydrogens is 224 g/mol. The van der Waals surface area contributed by atoms with Crippen LogP contribution in [-0.2, 0) is 6.42 Å². The first-order valence-corrected chi connectivity index (χ1v) is 6.58. The normalized spacial score (nSPS) is 11.8. The van der Waals surface area contributed by atoms with Gasteiger partial charge in [-0.1, -0.05) is 6.92 Å². The van der Waals surface area contributed by atoms with Gasteiger partial charge < -0.3 is 15.6 Å². The van der Waals surface area contributed by atoms with Crippen LogP contribution in [-0.4, -0.2) is 34.0 Å². The molecule has 0 unspecified atom stereocenters. The molecule has 0 atom stereocenters. The molecule has 1 aromatic heterocycles. The lowest BCUT2D eigenvalue weighted by molar-refractivity contribution is 0.235. The average molecular weight is 246 g/mol. The number of nitrogens with zero attached hydrogens (tertiary/aromatic N) is 2. The SMILES string of the molecule is CCN(CCc1nc2ccc(N)cc2[nH]1)C(C)C. The van der Waals surface area contributed by atoms with Crippen LogP contribution < -0.4 is 5.73 Å². The molecule has 98 valence electrons. The molecule has 0 aliphatic heterocycles. The Balaban J connectivity index is 2.08. The van der Waals surface area contributed by atoms with E-state index in [1.807, 2.05) is 18.2 Å². The van der Waals surface area contributed by atoms with Crippen molar-refractivity contribution in [2.45, 2.75) is 33.2 Å². The van der Waals surface area contributed by atoms with Gasteiger partial charge in [0.2, 0.25) is 0 Å². The van der Waals surface area contributed by atoms with E-state index in [9.17, 15) is 0 Å². The highest BCUT2D eigenvalue weighted by atomic mass is 15.1. The number of fused-ring (bicyclic) bond motifs is 1. The first kappa shape index (κ1) is 12.9. The van der Waals surface area contributed by atoms with Gasteiger partial charge in [-0.25, -0.2) is 4.98 Å². The van der Waals surface area contributed by atoms with Crippen molar-refractivity contribution in [2.75, 3.05) is 18.8 Å². The molecule has 3 N–H and O–H groups in total. The summed E-state index contributed by atoms with van der Waals surface area (Å²) in [6, 6.07) is 6.37. The molecule has 2 rings (SSSR count). The van der Waals surface area contributed by atoms with Gasteiger partial charge >= 0.3 is 0 Å². The zero-order chi connectivity index (χ0) is 13.1. The minimum absolute atomic E-state index is 0.579. The van der Waals surface area contributed by atoms with E-state index < -0.39 is 0 Å². The predicted molar refractivity (Wildman–Crippen MR) is 76.6 cm³/mol. The number of anilines is 1. The van der Waals surface area contributed by atoms with Crippen LogP contribution in [0.25, 0.3) is 11.0 Å². The van der Waals surface area contributed by atoms with Gasteiger partial charge in [0.1, 0.15) is 5.82 Å². The summed E-state index contributed by atoms with van der Waals surface area (Å²) in [4.78, 5) is 10.4. The number of rotatable bonds is 5. The second-order valence-corrected chi connectivity index (χ2v) is 4.93. The van der Waals surface area contributed by atoms with E-state index in [-0.39, 0.29) is 0 Å². The molecule has 0 saturated heterocycles. The fourth-order valence-electron chi connectivity index (χ4n) is 2.23. The van der Waals surface area contributed by atoms with E-state index in [0.29, 0.717) is 6.04 Å². The number of imidazole rings is 1. The van der Waals surface area contributed by atoms with Crippen LogP contribution >= 0.6 is 0 Å². The van der Waals surface area contributed by atoms with E-state index in [4.69, 9.17) is 5.73 Å². The van der Waals surface area contributed by atoms with Gasteiger partial charge in [0.25, 0.3) is 0 Å². The number of nitrogens with two attached hydrogens (primary N) is 1. The minimum Gasteiger partial charge on any atom is -0.399 e. The number of aromatic amines is 1. The van der Waals surface area contributed by atoms with Crippen molar-refractivity contribution in [2.24, 2.45) is 0 Å². The maximum absolute atomic E-state index is 5.76. The van der Waals surface area contributed by atoms with Gasteiger partial charge in [-0.2, -0.15) is 0 Å². The average Bonchev–Trinajstić information content (AvgIpc) is 2.71. The molecule has 1 heterocycles. The lowest BCUT2D eigenvalue weighted by atomic mass is 10.3. The Hall–Kier alpha value is -1.55. The van der Waals surface area contributed by atoms with Crippen molar-refractivity contribution in [1.29, 1.82) is 0 Å². The molecule has 0 aliphatic carbocycles. The minimum atomic E-state index is 0.579. The van der Waals surface area contributed by atoms with Crippen LogP contribution in [0.5, 0.6) is 0 Å². The maximum atomic E-state index is 5.76. The standard InChI is InChI=1S/C14H22N4/c1-4-18(10(2)3)8-7-14-16-12-6-5-11(15)9-13(12)17-14/h5-6,9-10H,4,7-8,15H2,1-3H3,(H,16,17). The highest BCUT2D eigenvalue weighted by molar-refractivity contribution is 5.78. The highest BCUT2D eigenvalue weighted by Crippen LogP contribution is 2.15. The van der Waals surface area contributed by atoms with Crippen molar-refractivity contribution in [3.05, 3.63) is 24.0 Å². The molecule has 0 aliphatic rings. The van der Waals surface area contributed by atoms with E-state index in [1.54, 1.807) is 0 Å². The molecule has 4 heteroatoms. The number of hydrogen-bond donors (Lipinski definition) is 2. The zero-order valence-corrected chi connectivity index (χ0v) is 11.4. The zero-order valence-electron chi connectivity index (χ0n) is 11.4. The molecule has 0 bridgehead atoms. The van der Waals surface area contributed by atoms with E-state index in [0.717, 1.165) is 42.1 Å². The van der Waals surface area contributed by atoms with Crippen molar-refractivity contribution in [1.82, 2.24) is 14.9 Å². The molecule has 0 fully saturated rings. The predicted octanol–water partition coefficient (Wildman–Crippen LogP) is 2.42. The van der Waals surface area contributed by atoms with Gasteiger partial charge in [0.15, 0.2) is 0 Å². The smallest absolute Gasteiger partial charge is 0.108 e. The van der Waals surface area contributed by atoms with Crippen LogP contribution in [0.4, 0.5) is 5.69 Å². The van der Waals surface area contributed by atoms with Crippen LogP contribution in [0.15, 0.2) is 18.2 Å². The van der Waals surface area contributed by atoms with Gasteiger partial charge in [-0.15, -0.1) is 0 Å². The van der Waals surface area contributed by atoms with Crippen molar-refractivity contribution < 1.29 is 0 Å². The summed E-state index contributed by atoms with van der Waals surface area (Å²) in [5, 5.41) is 0. The maximum Gasteiger partial charge on any atom is 0.108 e. The Morgan fingerprint density at radius 2 is 2.17 bits per heavy atom. The Bertz CT molecular complexity index is 515. The molecule has 2 aromatic rings. The highest BCUT2D eigenvalue weighted by Gasteiger charge is 2.09. The van der Waals surface area contributed by atoms with E-state index in [2.05, 4.69) is 35.6 Å². The van der Waals surface area contributed by atoms with Gasteiger partial charge in [-0.05, 0) is 38.6 Å². The number of likely N-dealkylation sites (N-methyl/N-ethyl adjacent to an activating group) is 1. The Labute approximate surface area is 108 Å².